The smallest absolute Gasteiger partial charge is 0.0354 e. The van der Waals surface area contributed by atoms with Crippen LogP contribution in [0.25, 0.3) is 0 Å². The van der Waals surface area contributed by atoms with Crippen molar-refractivity contribution in [1.29, 1.82) is 0 Å². The van der Waals surface area contributed by atoms with Gasteiger partial charge in [0, 0.05) is 16.7 Å². The third-order valence-corrected chi connectivity index (χ3v) is 5.36. The average Bonchev–Trinajstić information content (AvgIpc) is 2.57. The van der Waals surface area contributed by atoms with E-state index in [4.69, 9.17) is 0 Å². The Labute approximate surface area is 165 Å². The van der Waals surface area contributed by atoms with Crippen LogP contribution in [-0.4, -0.2) is 6.54 Å². The van der Waals surface area contributed by atoms with Gasteiger partial charge in [-0.15, -0.1) is 0 Å². The molecule has 0 aliphatic heterocycles. The fourth-order valence-corrected chi connectivity index (χ4v) is 4.00. The summed E-state index contributed by atoms with van der Waals surface area (Å²) in [5.41, 5.74) is 2.54. The number of unbranched alkanes of at least 4 members (excludes halogenated alkanes) is 13. The summed E-state index contributed by atoms with van der Waals surface area (Å²) in [5.74, 6) is 0. The predicted molar refractivity (Wildman–Crippen MR) is 118 cm³/mol. The molecule has 0 heterocycles. The third kappa shape index (κ3) is 13.4. The van der Waals surface area contributed by atoms with E-state index < -0.39 is 0 Å². The fourth-order valence-electron chi connectivity index (χ4n) is 3.39. The van der Waals surface area contributed by atoms with E-state index in [0.29, 0.717) is 0 Å². The number of hydrogen-bond acceptors (Lipinski definition) is 1. The van der Waals surface area contributed by atoms with E-state index in [1.165, 1.54) is 101 Å². The summed E-state index contributed by atoms with van der Waals surface area (Å²) >= 11 is 3.56. The lowest BCUT2D eigenvalue weighted by Crippen LogP contribution is -2.01. The molecule has 0 bridgehead atoms. The Hall–Kier alpha value is -0.500. The lowest BCUT2D eigenvalue weighted by molar-refractivity contribution is 0.537. The number of anilines is 1. The van der Waals surface area contributed by atoms with Crippen molar-refractivity contribution in [3.63, 3.8) is 0 Å². The molecule has 144 valence electrons. The third-order valence-electron chi connectivity index (χ3n) is 4.90. The van der Waals surface area contributed by atoms with Gasteiger partial charge in [0.1, 0.15) is 0 Å². The van der Waals surface area contributed by atoms with Crippen LogP contribution in [0.5, 0.6) is 0 Å². The zero-order valence-electron chi connectivity index (χ0n) is 16.7. The number of nitrogens with one attached hydrogen (secondary N) is 1. The summed E-state index contributed by atoms with van der Waals surface area (Å²) in [6.45, 7) is 5.52. The van der Waals surface area contributed by atoms with Crippen LogP contribution in [0.15, 0.2) is 22.7 Å². The van der Waals surface area contributed by atoms with Crippen molar-refractivity contribution >= 4 is 21.6 Å². The molecule has 0 atom stereocenters. The van der Waals surface area contributed by atoms with Gasteiger partial charge in [0.25, 0.3) is 0 Å². The summed E-state index contributed by atoms with van der Waals surface area (Å²) in [6.07, 6.45) is 19.9. The van der Waals surface area contributed by atoms with Crippen LogP contribution in [0.3, 0.4) is 0 Å². The van der Waals surface area contributed by atoms with Gasteiger partial charge < -0.3 is 5.32 Å². The molecule has 0 spiro atoms. The van der Waals surface area contributed by atoms with Crippen molar-refractivity contribution in [3.05, 3.63) is 28.2 Å². The van der Waals surface area contributed by atoms with E-state index in [2.05, 4.69) is 53.3 Å². The molecular weight excluding hydrogens is 370 g/mol. The van der Waals surface area contributed by atoms with Gasteiger partial charge in [0.2, 0.25) is 0 Å². The molecule has 0 aromatic heterocycles. The Morgan fingerprint density at radius 2 is 1.16 bits per heavy atom. The highest BCUT2D eigenvalue weighted by Crippen LogP contribution is 2.19. The Morgan fingerprint density at radius 1 is 0.680 bits per heavy atom. The number of halogens is 1. The first kappa shape index (κ1) is 22.5. The second-order valence-electron chi connectivity index (χ2n) is 7.54. The molecule has 25 heavy (non-hydrogen) atoms. The van der Waals surface area contributed by atoms with Crippen LogP contribution in [0.1, 0.15) is 102 Å². The largest absolute Gasteiger partial charge is 0.385 e. The van der Waals surface area contributed by atoms with Gasteiger partial charge in [-0.05, 0) is 37.1 Å². The number of hydrogen-bond donors (Lipinski definition) is 1. The summed E-state index contributed by atoms with van der Waals surface area (Å²) in [7, 11) is 0. The molecule has 0 saturated carbocycles. The maximum atomic E-state index is 3.56. The summed E-state index contributed by atoms with van der Waals surface area (Å²) in [4.78, 5) is 0. The quantitative estimate of drug-likeness (QED) is 0.269. The highest BCUT2D eigenvalue weighted by molar-refractivity contribution is 9.10. The predicted octanol–water partition coefficient (Wildman–Crippen LogP) is 8.65. The first-order valence-electron chi connectivity index (χ1n) is 10.7. The lowest BCUT2D eigenvalue weighted by Gasteiger charge is -2.08. The first-order valence-corrected chi connectivity index (χ1v) is 11.5. The molecule has 0 aliphatic carbocycles. The van der Waals surface area contributed by atoms with Gasteiger partial charge in [-0.25, -0.2) is 0 Å². The minimum atomic E-state index is 1.09. The highest BCUT2D eigenvalue weighted by atomic mass is 79.9. The maximum Gasteiger partial charge on any atom is 0.0354 e. The number of benzene rings is 1. The monoisotopic (exact) mass is 409 g/mol. The molecule has 1 aromatic carbocycles. The molecule has 2 heteroatoms. The van der Waals surface area contributed by atoms with Crippen molar-refractivity contribution in [2.24, 2.45) is 0 Å². The molecular formula is C23H40BrN. The van der Waals surface area contributed by atoms with E-state index in [9.17, 15) is 0 Å². The minimum absolute atomic E-state index is 1.09. The molecule has 0 unspecified atom stereocenters. The normalized spacial score (nSPS) is 11.0. The molecule has 0 saturated heterocycles. The van der Waals surface area contributed by atoms with Crippen molar-refractivity contribution in [3.8, 4) is 0 Å². The Kier molecular flexibility index (Phi) is 14.2. The van der Waals surface area contributed by atoms with E-state index in [1.807, 2.05) is 0 Å². The van der Waals surface area contributed by atoms with E-state index >= 15 is 0 Å². The van der Waals surface area contributed by atoms with Crippen LogP contribution in [0, 0.1) is 6.92 Å². The second kappa shape index (κ2) is 15.7. The first-order chi connectivity index (χ1) is 12.2. The Bertz CT molecular complexity index is 410. The van der Waals surface area contributed by atoms with Crippen molar-refractivity contribution in [1.82, 2.24) is 0 Å². The molecule has 0 aliphatic rings. The van der Waals surface area contributed by atoms with E-state index in [1.54, 1.807) is 0 Å². The Morgan fingerprint density at radius 3 is 1.64 bits per heavy atom. The zero-order valence-corrected chi connectivity index (χ0v) is 18.3. The minimum Gasteiger partial charge on any atom is -0.385 e. The zero-order chi connectivity index (χ0) is 18.2. The van der Waals surface area contributed by atoms with Crippen LogP contribution >= 0.6 is 15.9 Å². The lowest BCUT2D eigenvalue weighted by atomic mass is 10.0. The standard InChI is InChI=1S/C23H40BrN/c1-3-4-5-6-7-8-9-10-11-12-13-14-15-16-17-25-23-19-21(2)18-22(24)20-23/h18-20,25H,3-17H2,1-2H3. The summed E-state index contributed by atoms with van der Waals surface area (Å²) in [5, 5.41) is 3.54. The summed E-state index contributed by atoms with van der Waals surface area (Å²) in [6, 6.07) is 6.53. The second-order valence-corrected chi connectivity index (χ2v) is 8.46. The molecule has 0 amide bonds. The highest BCUT2D eigenvalue weighted by Gasteiger charge is 1.97. The topological polar surface area (TPSA) is 12.0 Å². The van der Waals surface area contributed by atoms with Crippen LogP contribution in [-0.2, 0) is 0 Å². The Balaban J connectivity index is 1.81. The van der Waals surface area contributed by atoms with E-state index in [-0.39, 0.29) is 0 Å². The van der Waals surface area contributed by atoms with Gasteiger partial charge >= 0.3 is 0 Å². The summed E-state index contributed by atoms with van der Waals surface area (Å²) < 4.78 is 1.16. The van der Waals surface area contributed by atoms with Crippen molar-refractivity contribution < 1.29 is 0 Å². The van der Waals surface area contributed by atoms with Gasteiger partial charge in [0.05, 0.1) is 0 Å². The number of aryl methyl sites for hydroxylation is 1. The molecule has 0 radical (unpaired) electrons. The molecule has 1 aromatic rings. The van der Waals surface area contributed by atoms with E-state index in [0.717, 1.165) is 11.0 Å². The SMILES string of the molecule is CCCCCCCCCCCCCCCCNc1cc(C)cc(Br)c1. The fraction of sp³-hybridized carbons (Fsp3) is 0.739. The molecule has 1 N–H and O–H groups in total. The van der Waals surface area contributed by atoms with Crippen molar-refractivity contribution in [2.45, 2.75) is 104 Å². The van der Waals surface area contributed by atoms with Crippen LogP contribution in [0.2, 0.25) is 0 Å². The number of rotatable bonds is 16. The maximum absolute atomic E-state index is 3.56. The van der Waals surface area contributed by atoms with Crippen LogP contribution < -0.4 is 5.32 Å². The molecule has 1 nitrogen and oxygen atoms in total. The van der Waals surface area contributed by atoms with Crippen molar-refractivity contribution in [2.75, 3.05) is 11.9 Å². The van der Waals surface area contributed by atoms with Gasteiger partial charge in [-0.2, -0.15) is 0 Å². The van der Waals surface area contributed by atoms with Gasteiger partial charge in [0.15, 0.2) is 0 Å². The molecule has 0 fully saturated rings. The van der Waals surface area contributed by atoms with Gasteiger partial charge in [-0.3, -0.25) is 0 Å². The van der Waals surface area contributed by atoms with Crippen LogP contribution in [0.4, 0.5) is 5.69 Å². The van der Waals surface area contributed by atoms with Gasteiger partial charge in [-0.1, -0.05) is 106 Å². The molecule has 1 rings (SSSR count). The average molecular weight is 410 g/mol.